The SMILES string of the molecule is CC(C)CN(C[C@@H](O)[C@H](Cc1ccc(OCCN2CCSC2)cc1)NC(=O)O)S(=O)(=O)c1ccc2c(c1)OCO2. The lowest BCUT2D eigenvalue weighted by molar-refractivity contribution is 0.0980. The third-order valence-corrected chi connectivity index (χ3v) is 9.44. The molecule has 2 aliphatic heterocycles. The summed E-state index contributed by atoms with van der Waals surface area (Å²) in [6.45, 7) is 6.09. The van der Waals surface area contributed by atoms with Crippen molar-refractivity contribution in [1.82, 2.24) is 14.5 Å². The molecule has 0 aromatic heterocycles. The van der Waals surface area contributed by atoms with Gasteiger partial charge in [-0.15, -0.1) is 11.8 Å². The number of thioether (sulfide) groups is 1. The van der Waals surface area contributed by atoms with E-state index in [2.05, 4.69) is 10.2 Å². The van der Waals surface area contributed by atoms with Gasteiger partial charge in [-0.25, -0.2) is 13.2 Å². The summed E-state index contributed by atoms with van der Waals surface area (Å²) >= 11 is 1.91. The number of aliphatic hydroxyl groups is 1. The van der Waals surface area contributed by atoms with Gasteiger partial charge in [-0.1, -0.05) is 26.0 Å². The third-order valence-electron chi connectivity index (χ3n) is 6.60. The van der Waals surface area contributed by atoms with E-state index in [0.717, 1.165) is 30.3 Å². The number of nitrogens with zero attached hydrogens (tertiary/aromatic N) is 2. The summed E-state index contributed by atoms with van der Waals surface area (Å²) in [6, 6.07) is 10.7. The zero-order valence-electron chi connectivity index (χ0n) is 22.7. The molecule has 0 saturated carbocycles. The normalized spacial score (nSPS) is 16.8. The minimum atomic E-state index is -4.03. The lowest BCUT2D eigenvalue weighted by Gasteiger charge is -2.30. The molecule has 0 bridgehead atoms. The summed E-state index contributed by atoms with van der Waals surface area (Å²) in [7, 11) is -4.03. The van der Waals surface area contributed by atoms with Crippen LogP contribution in [-0.4, -0.2) is 97.3 Å². The fourth-order valence-corrected chi connectivity index (χ4v) is 7.21. The van der Waals surface area contributed by atoms with Gasteiger partial charge in [0.15, 0.2) is 11.5 Å². The van der Waals surface area contributed by atoms with Crippen molar-refractivity contribution in [2.24, 2.45) is 5.92 Å². The van der Waals surface area contributed by atoms with Gasteiger partial charge < -0.3 is 29.7 Å². The quantitative estimate of drug-likeness (QED) is 0.299. The number of hydrogen-bond acceptors (Lipinski definition) is 9. The van der Waals surface area contributed by atoms with Crippen LogP contribution >= 0.6 is 11.8 Å². The Hall–Kier alpha value is -2.71. The molecule has 1 saturated heterocycles. The molecule has 2 aromatic carbocycles. The van der Waals surface area contributed by atoms with Crippen LogP contribution in [0.1, 0.15) is 19.4 Å². The molecule has 11 nitrogen and oxygen atoms in total. The Labute approximate surface area is 239 Å². The Balaban J connectivity index is 1.43. The molecule has 0 spiro atoms. The van der Waals surface area contributed by atoms with Crippen molar-refractivity contribution in [1.29, 1.82) is 0 Å². The lowest BCUT2D eigenvalue weighted by atomic mass is 10.0. The maximum absolute atomic E-state index is 13.6. The van der Waals surface area contributed by atoms with Crippen molar-refractivity contribution in [3.63, 3.8) is 0 Å². The van der Waals surface area contributed by atoms with Gasteiger partial charge in [0.1, 0.15) is 12.4 Å². The number of carbonyl (C=O) groups is 1. The van der Waals surface area contributed by atoms with E-state index in [1.165, 1.54) is 22.5 Å². The molecule has 2 aliphatic rings. The van der Waals surface area contributed by atoms with E-state index in [-0.39, 0.29) is 37.1 Å². The zero-order valence-corrected chi connectivity index (χ0v) is 24.3. The number of aliphatic hydroxyl groups excluding tert-OH is 1. The topological polar surface area (TPSA) is 138 Å². The first kappa shape index (κ1) is 30.3. The van der Waals surface area contributed by atoms with Gasteiger partial charge in [0.2, 0.25) is 16.8 Å². The smallest absolute Gasteiger partial charge is 0.404 e. The fraction of sp³-hybridized carbons (Fsp3) is 0.519. The minimum Gasteiger partial charge on any atom is -0.492 e. The van der Waals surface area contributed by atoms with Crippen LogP contribution in [0.25, 0.3) is 0 Å². The van der Waals surface area contributed by atoms with Crippen LogP contribution in [0.5, 0.6) is 17.2 Å². The molecule has 1 amide bonds. The maximum Gasteiger partial charge on any atom is 0.404 e. The highest BCUT2D eigenvalue weighted by molar-refractivity contribution is 7.99. The van der Waals surface area contributed by atoms with Crippen molar-refractivity contribution in [3.8, 4) is 17.2 Å². The summed E-state index contributed by atoms with van der Waals surface area (Å²) in [5.41, 5.74) is 0.773. The molecule has 1 fully saturated rings. The van der Waals surface area contributed by atoms with Gasteiger partial charge in [0.05, 0.1) is 17.0 Å². The molecular formula is C27H37N3O8S2. The summed E-state index contributed by atoms with van der Waals surface area (Å²) in [5, 5.41) is 22.9. The first-order chi connectivity index (χ1) is 19.1. The van der Waals surface area contributed by atoms with Crippen molar-refractivity contribution < 1.29 is 37.6 Å². The van der Waals surface area contributed by atoms with Gasteiger partial charge >= 0.3 is 6.09 Å². The van der Waals surface area contributed by atoms with Gasteiger partial charge in [-0.3, -0.25) is 4.90 Å². The number of nitrogens with one attached hydrogen (secondary N) is 1. The number of amides is 1. The monoisotopic (exact) mass is 595 g/mol. The molecule has 2 atom stereocenters. The van der Waals surface area contributed by atoms with E-state index < -0.39 is 28.3 Å². The van der Waals surface area contributed by atoms with Crippen molar-refractivity contribution >= 4 is 27.9 Å². The van der Waals surface area contributed by atoms with Crippen LogP contribution in [-0.2, 0) is 16.4 Å². The zero-order chi connectivity index (χ0) is 28.7. The standard InChI is InChI=1S/C27H37N3O8S2/c1-19(2)15-30(40(34,35)22-7-8-25-26(14-22)38-18-37-25)16-24(31)23(28-27(32)33)13-20-3-5-21(6-4-20)36-11-9-29-10-12-39-17-29/h3-8,14,19,23-24,28,31H,9-13,15-18H2,1-2H3,(H,32,33)/t23-,24+/m0/s1. The number of fused-ring (bicyclic) bond motifs is 1. The average Bonchev–Trinajstić information content (AvgIpc) is 3.60. The molecule has 13 heteroatoms. The molecule has 0 aliphatic carbocycles. The van der Waals surface area contributed by atoms with Gasteiger partial charge in [0.25, 0.3) is 0 Å². The Morgan fingerprint density at radius 2 is 1.90 bits per heavy atom. The van der Waals surface area contributed by atoms with E-state index in [1.54, 1.807) is 0 Å². The highest BCUT2D eigenvalue weighted by Crippen LogP contribution is 2.35. The molecule has 3 N–H and O–H groups in total. The van der Waals surface area contributed by atoms with E-state index >= 15 is 0 Å². The van der Waals surface area contributed by atoms with Crippen LogP contribution in [0, 0.1) is 5.92 Å². The Bertz CT molecular complexity index is 1240. The largest absolute Gasteiger partial charge is 0.492 e. The number of sulfonamides is 1. The van der Waals surface area contributed by atoms with E-state index in [1.807, 2.05) is 49.9 Å². The van der Waals surface area contributed by atoms with Gasteiger partial charge in [-0.05, 0) is 42.2 Å². The molecule has 2 heterocycles. The predicted molar refractivity (Wildman–Crippen MR) is 152 cm³/mol. The predicted octanol–water partition coefficient (Wildman–Crippen LogP) is 2.69. The lowest BCUT2D eigenvalue weighted by Crippen LogP contribution is -2.50. The molecular weight excluding hydrogens is 558 g/mol. The number of benzene rings is 2. The number of ether oxygens (including phenoxy) is 3. The third kappa shape index (κ3) is 8.16. The first-order valence-corrected chi connectivity index (χ1v) is 15.8. The summed E-state index contributed by atoms with van der Waals surface area (Å²) in [4.78, 5) is 13.9. The summed E-state index contributed by atoms with van der Waals surface area (Å²) in [5.74, 6) is 3.62. The second-order valence-corrected chi connectivity index (χ2v) is 13.2. The molecule has 40 heavy (non-hydrogen) atoms. The molecule has 0 unspecified atom stereocenters. The van der Waals surface area contributed by atoms with Gasteiger partial charge in [0, 0.05) is 43.9 Å². The Kier molecular flexibility index (Phi) is 10.4. The first-order valence-electron chi connectivity index (χ1n) is 13.2. The maximum atomic E-state index is 13.6. The summed E-state index contributed by atoms with van der Waals surface area (Å²) < 4.78 is 44.8. The highest BCUT2D eigenvalue weighted by Gasteiger charge is 2.32. The fourth-order valence-electron chi connectivity index (χ4n) is 4.54. The van der Waals surface area contributed by atoms with Crippen molar-refractivity contribution in [2.45, 2.75) is 37.3 Å². The highest BCUT2D eigenvalue weighted by atomic mass is 32.2. The van der Waals surface area contributed by atoms with E-state index in [0.29, 0.717) is 23.9 Å². The molecule has 2 aromatic rings. The molecule has 0 radical (unpaired) electrons. The summed E-state index contributed by atoms with van der Waals surface area (Å²) in [6.07, 6.45) is -2.45. The Morgan fingerprint density at radius 3 is 2.58 bits per heavy atom. The Morgan fingerprint density at radius 1 is 1.15 bits per heavy atom. The van der Waals surface area contributed by atoms with Crippen LogP contribution < -0.4 is 19.5 Å². The molecule has 220 valence electrons. The second kappa shape index (κ2) is 13.8. The van der Waals surface area contributed by atoms with Gasteiger partial charge in [-0.2, -0.15) is 4.31 Å². The number of rotatable bonds is 14. The van der Waals surface area contributed by atoms with Crippen molar-refractivity contribution in [2.75, 3.05) is 51.2 Å². The average molecular weight is 596 g/mol. The van der Waals surface area contributed by atoms with E-state index in [4.69, 9.17) is 14.2 Å². The van der Waals surface area contributed by atoms with E-state index in [9.17, 15) is 23.4 Å². The van der Waals surface area contributed by atoms with Crippen LogP contribution in [0.3, 0.4) is 0 Å². The molecule has 4 rings (SSSR count). The van der Waals surface area contributed by atoms with Crippen LogP contribution in [0.15, 0.2) is 47.4 Å². The second-order valence-electron chi connectivity index (χ2n) is 10.2. The van der Waals surface area contributed by atoms with Crippen LogP contribution in [0.2, 0.25) is 0 Å². The van der Waals surface area contributed by atoms with Crippen LogP contribution in [0.4, 0.5) is 4.79 Å². The minimum absolute atomic E-state index is 0.00594. The van der Waals surface area contributed by atoms with Crippen molar-refractivity contribution in [3.05, 3.63) is 48.0 Å². The number of carboxylic acid groups (broad SMARTS) is 1. The number of hydrogen-bond donors (Lipinski definition) is 3.